The Morgan fingerprint density at radius 1 is 1.23 bits per heavy atom. The molecule has 2 heterocycles. The predicted octanol–water partition coefficient (Wildman–Crippen LogP) is 0.660. The highest BCUT2D eigenvalue weighted by Crippen LogP contribution is 2.25. The number of rotatable bonds is 5. The van der Waals surface area contributed by atoms with Crippen molar-refractivity contribution in [3.63, 3.8) is 0 Å². The lowest BCUT2D eigenvalue weighted by Crippen LogP contribution is -2.53. The van der Waals surface area contributed by atoms with Gasteiger partial charge in [0, 0.05) is 12.6 Å². The topological polar surface area (TPSA) is 105 Å². The lowest BCUT2D eigenvalue weighted by molar-refractivity contribution is -0.140. The van der Waals surface area contributed by atoms with Crippen molar-refractivity contribution >= 4 is 33.2 Å². The Kier molecular flexibility index (Phi) is 6.28. The molecule has 8 nitrogen and oxygen atoms in total. The third-order valence-corrected chi connectivity index (χ3v) is 7.81. The molecule has 144 valence electrons. The Bertz CT molecular complexity index is 729. The van der Waals surface area contributed by atoms with Crippen molar-refractivity contribution in [3.05, 3.63) is 17.5 Å². The Balaban J connectivity index is 1.58. The van der Waals surface area contributed by atoms with Gasteiger partial charge in [-0.3, -0.25) is 9.59 Å². The van der Waals surface area contributed by atoms with E-state index in [9.17, 15) is 18.0 Å². The van der Waals surface area contributed by atoms with Gasteiger partial charge < -0.3 is 15.4 Å². The fourth-order valence-corrected chi connectivity index (χ4v) is 5.89. The number of hydrogen-bond acceptors (Lipinski definition) is 6. The first-order valence-electron chi connectivity index (χ1n) is 8.74. The number of nitrogens with one attached hydrogen (secondary N) is 2. The molecule has 2 N–H and O–H groups in total. The van der Waals surface area contributed by atoms with E-state index in [2.05, 4.69) is 10.6 Å². The number of amides is 2. The van der Waals surface area contributed by atoms with Crippen LogP contribution >= 0.6 is 11.3 Å². The van der Waals surface area contributed by atoms with Crippen LogP contribution in [-0.4, -0.2) is 56.5 Å². The Morgan fingerprint density at radius 3 is 2.69 bits per heavy atom. The molecule has 2 aliphatic rings. The van der Waals surface area contributed by atoms with E-state index >= 15 is 0 Å². The van der Waals surface area contributed by atoms with Crippen LogP contribution in [0.3, 0.4) is 0 Å². The van der Waals surface area contributed by atoms with Crippen molar-refractivity contribution in [2.45, 2.75) is 48.6 Å². The van der Waals surface area contributed by atoms with E-state index in [0.717, 1.165) is 37.0 Å². The van der Waals surface area contributed by atoms with E-state index < -0.39 is 28.1 Å². The first-order valence-corrected chi connectivity index (χ1v) is 11.1. The van der Waals surface area contributed by atoms with E-state index in [4.69, 9.17) is 4.74 Å². The fourth-order valence-electron chi connectivity index (χ4n) is 3.21. The minimum absolute atomic E-state index is 0.0508. The maximum Gasteiger partial charge on any atom is 0.309 e. The summed E-state index contributed by atoms with van der Waals surface area (Å²) < 4.78 is 32.5. The van der Waals surface area contributed by atoms with Crippen LogP contribution in [0.4, 0.5) is 0 Å². The molecule has 2 amide bonds. The van der Waals surface area contributed by atoms with Gasteiger partial charge in [0.25, 0.3) is 10.0 Å². The summed E-state index contributed by atoms with van der Waals surface area (Å²) >= 11 is 1.14. The smallest absolute Gasteiger partial charge is 0.309 e. The Morgan fingerprint density at radius 2 is 2.00 bits per heavy atom. The molecule has 1 saturated heterocycles. The van der Waals surface area contributed by atoms with E-state index in [0.29, 0.717) is 19.6 Å². The average molecular weight is 402 g/mol. The molecule has 1 aromatic rings. The van der Waals surface area contributed by atoms with Gasteiger partial charge in [-0.2, -0.15) is 4.31 Å². The average Bonchev–Trinajstić information content (AvgIpc) is 3.33. The molecule has 1 atom stereocenters. The molecule has 0 spiro atoms. The summed E-state index contributed by atoms with van der Waals surface area (Å²) in [6.45, 7) is 0.655. The number of sulfonamides is 1. The molecule has 26 heavy (non-hydrogen) atoms. The highest BCUT2D eigenvalue weighted by atomic mass is 32.2. The number of carbonyl (C=O) groups is 2. The number of nitrogens with zero attached hydrogens (tertiary/aromatic N) is 1. The monoisotopic (exact) mass is 401 g/mol. The van der Waals surface area contributed by atoms with Gasteiger partial charge in [-0.1, -0.05) is 18.9 Å². The molecule has 1 unspecified atom stereocenters. The molecule has 1 aliphatic carbocycles. The van der Waals surface area contributed by atoms with Gasteiger partial charge in [0.05, 0.1) is 13.2 Å². The molecule has 0 aromatic carbocycles. The van der Waals surface area contributed by atoms with E-state index in [1.807, 2.05) is 0 Å². The van der Waals surface area contributed by atoms with Gasteiger partial charge in [0.1, 0.15) is 10.4 Å². The van der Waals surface area contributed by atoms with E-state index in [1.165, 1.54) is 4.31 Å². The number of carbonyl (C=O) groups excluding carboxylic acids is 2. The van der Waals surface area contributed by atoms with Crippen molar-refractivity contribution in [2.75, 3.05) is 19.7 Å². The normalized spacial score (nSPS) is 22.2. The lowest BCUT2D eigenvalue weighted by atomic mass is 10.2. The van der Waals surface area contributed by atoms with Gasteiger partial charge >= 0.3 is 11.8 Å². The quantitative estimate of drug-likeness (QED) is 0.706. The molecular weight excluding hydrogens is 378 g/mol. The summed E-state index contributed by atoms with van der Waals surface area (Å²) in [5.41, 5.74) is 0. The third-order valence-electron chi connectivity index (χ3n) is 4.55. The second kappa shape index (κ2) is 8.47. The van der Waals surface area contributed by atoms with Crippen molar-refractivity contribution in [3.8, 4) is 0 Å². The maximum absolute atomic E-state index is 12.7. The van der Waals surface area contributed by atoms with Crippen LogP contribution in [0.15, 0.2) is 21.7 Å². The van der Waals surface area contributed by atoms with Crippen LogP contribution in [0, 0.1) is 0 Å². The zero-order valence-electron chi connectivity index (χ0n) is 14.3. The van der Waals surface area contributed by atoms with Crippen LogP contribution in [0.5, 0.6) is 0 Å². The summed E-state index contributed by atoms with van der Waals surface area (Å²) in [5, 5.41) is 6.90. The highest BCUT2D eigenvalue weighted by molar-refractivity contribution is 7.91. The molecule has 1 aromatic heterocycles. The maximum atomic E-state index is 12.7. The molecule has 1 saturated carbocycles. The highest BCUT2D eigenvalue weighted by Gasteiger charge is 2.35. The molecular formula is C16H23N3O5S2. The van der Waals surface area contributed by atoms with Gasteiger partial charge in [-0.05, 0) is 30.7 Å². The largest absolute Gasteiger partial charge is 0.360 e. The van der Waals surface area contributed by atoms with Crippen LogP contribution in [-0.2, 0) is 24.3 Å². The molecule has 3 rings (SSSR count). The van der Waals surface area contributed by atoms with Crippen LogP contribution in [0.2, 0.25) is 0 Å². The molecule has 2 fully saturated rings. The third kappa shape index (κ3) is 4.43. The summed E-state index contributed by atoms with van der Waals surface area (Å²) in [4.78, 5) is 24.0. The number of ether oxygens (including phenoxy) is 1. The van der Waals surface area contributed by atoms with E-state index in [1.54, 1.807) is 17.5 Å². The molecule has 1 aliphatic heterocycles. The van der Waals surface area contributed by atoms with Crippen molar-refractivity contribution < 1.29 is 22.7 Å². The minimum Gasteiger partial charge on any atom is -0.360 e. The van der Waals surface area contributed by atoms with E-state index in [-0.39, 0.29) is 16.8 Å². The summed E-state index contributed by atoms with van der Waals surface area (Å²) in [7, 11) is -3.68. The van der Waals surface area contributed by atoms with Gasteiger partial charge in [-0.25, -0.2) is 8.42 Å². The summed E-state index contributed by atoms with van der Waals surface area (Å²) in [6.07, 6.45) is 3.64. The summed E-state index contributed by atoms with van der Waals surface area (Å²) in [5.74, 6) is -1.44. The fraction of sp³-hybridized carbons (Fsp3) is 0.625. The SMILES string of the molecule is O=C(NCC1OCCCN1S(=O)(=O)c1cccs1)C(=O)NC1CCCC1. The zero-order valence-corrected chi connectivity index (χ0v) is 16.0. The second-order valence-corrected chi connectivity index (χ2v) is 9.46. The molecule has 0 radical (unpaired) electrons. The second-order valence-electron chi connectivity index (χ2n) is 6.39. The van der Waals surface area contributed by atoms with Crippen LogP contribution < -0.4 is 10.6 Å². The van der Waals surface area contributed by atoms with Gasteiger partial charge in [0.2, 0.25) is 0 Å². The Hall–Kier alpha value is -1.49. The van der Waals surface area contributed by atoms with Gasteiger partial charge in [0.15, 0.2) is 0 Å². The van der Waals surface area contributed by atoms with Crippen molar-refractivity contribution in [1.29, 1.82) is 0 Å². The van der Waals surface area contributed by atoms with Crippen molar-refractivity contribution in [1.82, 2.24) is 14.9 Å². The van der Waals surface area contributed by atoms with Crippen molar-refractivity contribution in [2.24, 2.45) is 0 Å². The first-order chi connectivity index (χ1) is 12.5. The van der Waals surface area contributed by atoms with Gasteiger partial charge in [-0.15, -0.1) is 11.3 Å². The lowest BCUT2D eigenvalue weighted by Gasteiger charge is -2.34. The number of thiophene rings is 1. The number of hydrogen-bond donors (Lipinski definition) is 2. The Labute approximate surface area is 156 Å². The van der Waals surface area contributed by atoms with Crippen LogP contribution in [0.1, 0.15) is 32.1 Å². The minimum atomic E-state index is -3.68. The van der Waals surface area contributed by atoms with Crippen LogP contribution in [0.25, 0.3) is 0 Å². The summed E-state index contributed by atoms with van der Waals surface area (Å²) in [6, 6.07) is 3.26. The zero-order chi connectivity index (χ0) is 18.6. The molecule has 10 heteroatoms. The first kappa shape index (κ1) is 19.3. The molecule has 0 bridgehead atoms. The standard InChI is InChI=1S/C16H23N3O5S2/c20-15(16(21)18-12-5-1-2-6-12)17-11-13-19(8-4-9-24-13)26(22,23)14-7-3-10-25-14/h3,7,10,12-13H,1-2,4-6,8-9,11H2,(H,17,20)(H,18,21). The predicted molar refractivity (Wildman–Crippen MR) is 96.0 cm³/mol.